The molecule has 1 aliphatic heterocycles. The van der Waals surface area contributed by atoms with Gasteiger partial charge in [0, 0.05) is 13.1 Å². The lowest BCUT2D eigenvalue weighted by Gasteiger charge is -2.27. The molecule has 0 aliphatic carbocycles. The number of carbonyl (C=O) groups excluding carboxylic acids is 2. The van der Waals surface area contributed by atoms with E-state index in [2.05, 4.69) is 10.3 Å². The zero-order valence-corrected chi connectivity index (χ0v) is 15.1. The van der Waals surface area contributed by atoms with Gasteiger partial charge in [0.05, 0.1) is 23.8 Å². The molecule has 0 atom stereocenters. The van der Waals surface area contributed by atoms with Gasteiger partial charge in [-0.2, -0.15) is 0 Å². The highest BCUT2D eigenvalue weighted by Crippen LogP contribution is 2.18. The number of rotatable bonds is 5. The van der Waals surface area contributed by atoms with E-state index in [1.54, 1.807) is 12.1 Å². The van der Waals surface area contributed by atoms with E-state index >= 15 is 0 Å². The first kappa shape index (κ1) is 17.3. The third-order valence-electron chi connectivity index (χ3n) is 4.89. The number of piperidine rings is 1. The largest absolute Gasteiger partial charge is 0.459 e. The number of amides is 2. The van der Waals surface area contributed by atoms with Crippen molar-refractivity contribution in [2.45, 2.75) is 32.4 Å². The molecule has 0 radical (unpaired) electrons. The Bertz CT molecular complexity index is 939. The summed E-state index contributed by atoms with van der Waals surface area (Å²) >= 11 is 0. The number of hydrogen-bond acceptors (Lipinski definition) is 4. The summed E-state index contributed by atoms with van der Waals surface area (Å²) in [5, 5.41) is 2.81. The fourth-order valence-electron chi connectivity index (χ4n) is 3.47. The summed E-state index contributed by atoms with van der Waals surface area (Å²) in [5.41, 5.74) is 1.70. The molecule has 0 unspecified atom stereocenters. The van der Waals surface area contributed by atoms with E-state index in [0.717, 1.165) is 37.0 Å². The second kappa shape index (κ2) is 7.65. The zero-order valence-electron chi connectivity index (χ0n) is 15.1. The van der Waals surface area contributed by atoms with Crippen LogP contribution in [0.2, 0.25) is 0 Å². The molecule has 1 aromatic carbocycles. The molecule has 1 fully saturated rings. The van der Waals surface area contributed by atoms with E-state index in [1.807, 2.05) is 33.7 Å². The van der Waals surface area contributed by atoms with Crippen LogP contribution in [0.1, 0.15) is 35.6 Å². The van der Waals surface area contributed by atoms with E-state index in [9.17, 15) is 9.59 Å². The van der Waals surface area contributed by atoms with Gasteiger partial charge in [0.25, 0.3) is 5.91 Å². The summed E-state index contributed by atoms with van der Waals surface area (Å²) in [6.07, 6.45) is 4.76. The lowest BCUT2D eigenvalue weighted by molar-refractivity contribution is -0.132. The van der Waals surface area contributed by atoms with Crippen LogP contribution in [-0.2, 0) is 17.9 Å². The van der Waals surface area contributed by atoms with Gasteiger partial charge in [-0.3, -0.25) is 9.59 Å². The van der Waals surface area contributed by atoms with Crippen LogP contribution >= 0.6 is 0 Å². The van der Waals surface area contributed by atoms with Crippen molar-refractivity contribution in [3.63, 3.8) is 0 Å². The number of furan rings is 1. The van der Waals surface area contributed by atoms with E-state index < -0.39 is 0 Å². The molecule has 2 amide bonds. The van der Waals surface area contributed by atoms with E-state index in [1.165, 1.54) is 12.7 Å². The lowest BCUT2D eigenvalue weighted by atomic mass is 10.1. The van der Waals surface area contributed by atoms with Gasteiger partial charge in [-0.1, -0.05) is 12.1 Å². The van der Waals surface area contributed by atoms with Gasteiger partial charge >= 0.3 is 0 Å². The second-order valence-electron chi connectivity index (χ2n) is 6.70. The highest BCUT2D eigenvalue weighted by Gasteiger charge is 2.20. The van der Waals surface area contributed by atoms with Crippen molar-refractivity contribution >= 4 is 22.8 Å². The van der Waals surface area contributed by atoms with E-state index in [4.69, 9.17) is 4.42 Å². The summed E-state index contributed by atoms with van der Waals surface area (Å²) in [7, 11) is 0. The molecule has 140 valence electrons. The Hall–Kier alpha value is -3.09. The molecule has 1 aliphatic rings. The molecular formula is C20H22N4O3. The molecule has 1 N–H and O–H groups in total. The van der Waals surface area contributed by atoms with Gasteiger partial charge in [0.2, 0.25) is 5.91 Å². The molecule has 3 heterocycles. The third-order valence-corrected chi connectivity index (χ3v) is 4.89. The zero-order chi connectivity index (χ0) is 18.6. The summed E-state index contributed by atoms with van der Waals surface area (Å²) < 4.78 is 7.01. The van der Waals surface area contributed by atoms with Crippen LogP contribution in [0.4, 0.5) is 0 Å². The maximum Gasteiger partial charge on any atom is 0.287 e. The number of nitrogens with one attached hydrogen (secondary N) is 1. The highest BCUT2D eigenvalue weighted by molar-refractivity contribution is 5.91. The molecular weight excluding hydrogens is 344 g/mol. The fraction of sp³-hybridized carbons (Fsp3) is 0.350. The van der Waals surface area contributed by atoms with Crippen molar-refractivity contribution in [3.05, 3.63) is 54.2 Å². The third kappa shape index (κ3) is 3.72. The van der Waals surface area contributed by atoms with Crippen molar-refractivity contribution in [2.75, 3.05) is 13.1 Å². The Morgan fingerprint density at radius 1 is 1.07 bits per heavy atom. The first-order valence-corrected chi connectivity index (χ1v) is 9.26. The Balaban J connectivity index is 1.55. The number of para-hydroxylation sites is 2. The molecule has 1 saturated heterocycles. The number of fused-ring (bicyclic) bond motifs is 1. The number of hydrogen-bond donors (Lipinski definition) is 1. The Kier molecular flexibility index (Phi) is 4.91. The summed E-state index contributed by atoms with van der Waals surface area (Å²) in [6.45, 7) is 2.08. The SMILES string of the molecule is O=C(NCc1nc2ccccc2n1CC(=O)N1CCCCC1)c1ccco1. The normalized spacial score (nSPS) is 14.4. The molecule has 2 aromatic heterocycles. The van der Waals surface area contributed by atoms with Crippen molar-refractivity contribution in [2.24, 2.45) is 0 Å². The summed E-state index contributed by atoms with van der Waals surface area (Å²) in [5.74, 6) is 0.695. The summed E-state index contributed by atoms with van der Waals surface area (Å²) in [6, 6.07) is 11.0. The van der Waals surface area contributed by atoms with Crippen LogP contribution in [0.25, 0.3) is 11.0 Å². The topological polar surface area (TPSA) is 80.4 Å². The fourth-order valence-corrected chi connectivity index (χ4v) is 3.47. The van der Waals surface area contributed by atoms with Gasteiger partial charge in [-0.25, -0.2) is 4.98 Å². The molecule has 0 spiro atoms. The quantitative estimate of drug-likeness (QED) is 0.753. The monoisotopic (exact) mass is 366 g/mol. The van der Waals surface area contributed by atoms with Gasteiger partial charge in [0.1, 0.15) is 12.4 Å². The van der Waals surface area contributed by atoms with Crippen LogP contribution in [0.5, 0.6) is 0 Å². The van der Waals surface area contributed by atoms with Crippen molar-refractivity contribution < 1.29 is 14.0 Å². The van der Waals surface area contributed by atoms with Crippen LogP contribution in [0, 0.1) is 0 Å². The first-order valence-electron chi connectivity index (χ1n) is 9.26. The molecule has 7 nitrogen and oxygen atoms in total. The Morgan fingerprint density at radius 3 is 2.67 bits per heavy atom. The van der Waals surface area contributed by atoms with Crippen LogP contribution in [-0.4, -0.2) is 39.4 Å². The standard InChI is InChI=1S/C20H22N4O3/c25-19(23-10-4-1-5-11-23)14-24-16-8-3-2-7-15(16)22-18(24)13-21-20(26)17-9-6-12-27-17/h2-3,6-9,12H,1,4-5,10-11,13-14H2,(H,21,26). The summed E-state index contributed by atoms with van der Waals surface area (Å²) in [4.78, 5) is 31.5. The number of carbonyl (C=O) groups is 2. The van der Waals surface area contributed by atoms with Crippen molar-refractivity contribution in [3.8, 4) is 0 Å². The number of likely N-dealkylation sites (tertiary alicyclic amines) is 1. The smallest absolute Gasteiger partial charge is 0.287 e. The maximum atomic E-state index is 12.8. The molecule has 0 bridgehead atoms. The number of nitrogens with zero attached hydrogens (tertiary/aromatic N) is 3. The average molecular weight is 366 g/mol. The minimum atomic E-state index is -0.305. The van der Waals surface area contributed by atoms with Crippen molar-refractivity contribution in [1.82, 2.24) is 19.8 Å². The highest BCUT2D eigenvalue weighted by atomic mass is 16.3. The lowest BCUT2D eigenvalue weighted by Crippen LogP contribution is -2.38. The minimum Gasteiger partial charge on any atom is -0.459 e. The van der Waals surface area contributed by atoms with E-state index in [-0.39, 0.29) is 30.7 Å². The van der Waals surface area contributed by atoms with Gasteiger partial charge < -0.3 is 19.2 Å². The average Bonchev–Trinajstić information content (AvgIpc) is 3.36. The van der Waals surface area contributed by atoms with Crippen LogP contribution in [0.3, 0.4) is 0 Å². The van der Waals surface area contributed by atoms with Gasteiger partial charge in [-0.05, 0) is 43.5 Å². The molecule has 7 heteroatoms. The van der Waals surface area contributed by atoms with Crippen LogP contribution in [0.15, 0.2) is 47.1 Å². The minimum absolute atomic E-state index is 0.0939. The maximum absolute atomic E-state index is 12.8. The van der Waals surface area contributed by atoms with E-state index in [0.29, 0.717) is 5.82 Å². The number of aromatic nitrogens is 2. The number of imidazole rings is 1. The molecule has 27 heavy (non-hydrogen) atoms. The molecule has 0 saturated carbocycles. The molecule has 4 rings (SSSR count). The Labute approximate surface area is 157 Å². The molecule has 3 aromatic rings. The van der Waals surface area contributed by atoms with Crippen LogP contribution < -0.4 is 5.32 Å². The van der Waals surface area contributed by atoms with Gasteiger partial charge in [0.15, 0.2) is 5.76 Å². The van der Waals surface area contributed by atoms with Gasteiger partial charge in [-0.15, -0.1) is 0 Å². The predicted molar refractivity (Wildman–Crippen MR) is 100 cm³/mol. The Morgan fingerprint density at radius 2 is 1.89 bits per heavy atom. The predicted octanol–water partition coefficient (Wildman–Crippen LogP) is 2.57. The number of benzene rings is 1. The second-order valence-corrected chi connectivity index (χ2v) is 6.70. The van der Waals surface area contributed by atoms with Crippen molar-refractivity contribution in [1.29, 1.82) is 0 Å². The first-order chi connectivity index (χ1) is 13.2.